The predicted octanol–water partition coefficient (Wildman–Crippen LogP) is 4.49. The molecule has 0 spiro atoms. The molecule has 0 bridgehead atoms. The van der Waals surface area contributed by atoms with Gasteiger partial charge in [0.25, 0.3) is 11.8 Å². The standard InChI is InChI=1S/C26H33N7O3/c1-15(2)17-5-7-19(8-6-17)33-13-20(23(32-33)24(27)34)30-25(35)21-14-36-26(31-21)18-9-10-28-22(11-18)29-12-16-3-4-16/h9-11,13-17,19H,3-8,12H2,1-2H3,(H2,27,34)(H,28,29)(H,30,35). The van der Waals surface area contributed by atoms with E-state index in [1.165, 1.54) is 19.1 Å². The topological polar surface area (TPSA) is 141 Å². The molecule has 0 radical (unpaired) electrons. The van der Waals surface area contributed by atoms with Gasteiger partial charge in [0.1, 0.15) is 12.1 Å². The van der Waals surface area contributed by atoms with E-state index in [9.17, 15) is 9.59 Å². The molecule has 0 aromatic carbocycles. The zero-order valence-corrected chi connectivity index (χ0v) is 20.7. The van der Waals surface area contributed by atoms with Crippen LogP contribution in [-0.2, 0) is 0 Å². The number of hydrogen-bond donors (Lipinski definition) is 3. The van der Waals surface area contributed by atoms with E-state index in [2.05, 4.69) is 39.5 Å². The maximum absolute atomic E-state index is 12.9. The van der Waals surface area contributed by atoms with Gasteiger partial charge in [0.2, 0.25) is 5.89 Å². The minimum atomic E-state index is -0.691. The number of pyridine rings is 1. The lowest BCUT2D eigenvalue weighted by atomic mass is 9.80. The summed E-state index contributed by atoms with van der Waals surface area (Å²) in [5.41, 5.74) is 6.69. The number of anilines is 2. The van der Waals surface area contributed by atoms with E-state index in [-0.39, 0.29) is 23.1 Å². The van der Waals surface area contributed by atoms with Gasteiger partial charge in [0.15, 0.2) is 11.4 Å². The van der Waals surface area contributed by atoms with Gasteiger partial charge < -0.3 is 20.8 Å². The van der Waals surface area contributed by atoms with E-state index in [1.807, 2.05) is 6.07 Å². The number of hydrogen-bond acceptors (Lipinski definition) is 7. The van der Waals surface area contributed by atoms with Gasteiger partial charge in [-0.3, -0.25) is 14.3 Å². The summed E-state index contributed by atoms with van der Waals surface area (Å²) < 4.78 is 7.34. The van der Waals surface area contributed by atoms with Crippen molar-refractivity contribution >= 4 is 23.3 Å². The second-order valence-electron chi connectivity index (χ2n) is 10.3. The molecule has 4 N–H and O–H groups in total. The molecule has 0 aliphatic heterocycles. The van der Waals surface area contributed by atoms with E-state index in [0.29, 0.717) is 23.3 Å². The van der Waals surface area contributed by atoms with Crippen LogP contribution in [0.2, 0.25) is 0 Å². The van der Waals surface area contributed by atoms with E-state index in [0.717, 1.165) is 44.0 Å². The van der Waals surface area contributed by atoms with Crippen molar-refractivity contribution in [1.29, 1.82) is 0 Å². The fourth-order valence-corrected chi connectivity index (χ4v) is 4.81. The van der Waals surface area contributed by atoms with Crippen LogP contribution in [0.25, 0.3) is 11.5 Å². The highest BCUT2D eigenvalue weighted by Gasteiger charge is 2.27. The summed E-state index contributed by atoms with van der Waals surface area (Å²) in [4.78, 5) is 33.7. The molecule has 2 aliphatic rings. The monoisotopic (exact) mass is 491 g/mol. The quantitative estimate of drug-likeness (QED) is 0.400. The Labute approximate surface area is 210 Å². The lowest BCUT2D eigenvalue weighted by molar-refractivity contribution is 0.0994. The average Bonchev–Trinajstić information content (AvgIpc) is 3.39. The number of nitrogens with two attached hydrogens (primary N) is 1. The summed E-state index contributed by atoms with van der Waals surface area (Å²) in [5.74, 6) is 1.94. The van der Waals surface area contributed by atoms with Crippen LogP contribution in [0.5, 0.6) is 0 Å². The number of nitrogens with zero attached hydrogens (tertiary/aromatic N) is 4. The number of nitrogens with one attached hydrogen (secondary N) is 2. The van der Waals surface area contributed by atoms with Crippen molar-refractivity contribution in [2.45, 2.75) is 58.4 Å². The average molecular weight is 492 g/mol. The molecule has 0 saturated heterocycles. The largest absolute Gasteiger partial charge is 0.444 e. The summed E-state index contributed by atoms with van der Waals surface area (Å²) in [7, 11) is 0. The molecule has 10 nitrogen and oxygen atoms in total. The Kier molecular flexibility index (Phi) is 6.75. The molecule has 3 aromatic rings. The Morgan fingerprint density at radius 3 is 2.67 bits per heavy atom. The van der Waals surface area contributed by atoms with E-state index in [4.69, 9.17) is 10.2 Å². The molecular weight excluding hydrogens is 458 g/mol. The summed E-state index contributed by atoms with van der Waals surface area (Å²) >= 11 is 0. The van der Waals surface area contributed by atoms with Gasteiger partial charge in [-0.25, -0.2) is 9.97 Å². The lowest BCUT2D eigenvalue weighted by Crippen LogP contribution is -2.22. The van der Waals surface area contributed by atoms with Crippen LogP contribution < -0.4 is 16.4 Å². The van der Waals surface area contributed by atoms with Crippen LogP contribution in [0.1, 0.15) is 79.4 Å². The number of rotatable bonds is 9. The minimum Gasteiger partial charge on any atom is -0.444 e. The highest BCUT2D eigenvalue weighted by molar-refractivity contribution is 6.07. The van der Waals surface area contributed by atoms with Gasteiger partial charge in [-0.2, -0.15) is 5.10 Å². The van der Waals surface area contributed by atoms with Crippen molar-refractivity contribution in [3.05, 3.63) is 42.2 Å². The number of amides is 2. The van der Waals surface area contributed by atoms with Gasteiger partial charge in [0, 0.05) is 24.5 Å². The van der Waals surface area contributed by atoms with Crippen LogP contribution >= 0.6 is 0 Å². The maximum Gasteiger partial charge on any atom is 0.277 e. The predicted molar refractivity (Wildman–Crippen MR) is 135 cm³/mol. The van der Waals surface area contributed by atoms with Crippen molar-refractivity contribution < 1.29 is 14.0 Å². The van der Waals surface area contributed by atoms with E-state index in [1.54, 1.807) is 23.1 Å². The third-order valence-electron chi connectivity index (χ3n) is 7.28. The van der Waals surface area contributed by atoms with Crippen LogP contribution in [0.15, 0.2) is 35.2 Å². The van der Waals surface area contributed by atoms with Gasteiger partial charge in [-0.15, -0.1) is 0 Å². The Balaban J connectivity index is 1.27. The highest BCUT2D eigenvalue weighted by Crippen LogP contribution is 2.36. The first-order valence-electron chi connectivity index (χ1n) is 12.7. The molecule has 190 valence electrons. The van der Waals surface area contributed by atoms with Crippen molar-refractivity contribution in [2.75, 3.05) is 17.2 Å². The second-order valence-corrected chi connectivity index (χ2v) is 10.3. The summed E-state index contributed by atoms with van der Waals surface area (Å²) in [6.07, 6.45) is 11.4. The van der Waals surface area contributed by atoms with Gasteiger partial charge in [-0.1, -0.05) is 13.8 Å². The van der Waals surface area contributed by atoms with Gasteiger partial charge >= 0.3 is 0 Å². The molecule has 0 unspecified atom stereocenters. The molecule has 10 heteroatoms. The van der Waals surface area contributed by atoms with Gasteiger partial charge in [0.05, 0.1) is 11.7 Å². The Bertz CT molecular complexity index is 1240. The number of primary amides is 1. The molecule has 2 fully saturated rings. The van der Waals surface area contributed by atoms with Crippen molar-refractivity contribution in [2.24, 2.45) is 23.5 Å². The molecule has 0 atom stereocenters. The Morgan fingerprint density at radius 2 is 1.97 bits per heavy atom. The third kappa shape index (κ3) is 5.42. The van der Waals surface area contributed by atoms with Crippen molar-refractivity contribution in [3.63, 3.8) is 0 Å². The maximum atomic E-state index is 12.9. The Morgan fingerprint density at radius 1 is 1.19 bits per heavy atom. The van der Waals surface area contributed by atoms with Crippen molar-refractivity contribution in [1.82, 2.24) is 19.7 Å². The lowest BCUT2D eigenvalue weighted by Gasteiger charge is -2.30. The zero-order valence-electron chi connectivity index (χ0n) is 20.7. The molecule has 36 heavy (non-hydrogen) atoms. The SMILES string of the molecule is CC(C)C1CCC(n2cc(NC(=O)c3coc(-c4ccnc(NCC5CC5)c4)n3)c(C(N)=O)n2)CC1. The summed E-state index contributed by atoms with van der Waals surface area (Å²) in [5, 5.41) is 10.5. The van der Waals surface area contributed by atoms with E-state index < -0.39 is 11.8 Å². The first-order valence-corrected chi connectivity index (χ1v) is 12.7. The number of carbonyl (C=O) groups is 2. The van der Waals surface area contributed by atoms with E-state index >= 15 is 0 Å². The molecule has 3 aromatic heterocycles. The molecule has 3 heterocycles. The number of aromatic nitrogens is 4. The third-order valence-corrected chi connectivity index (χ3v) is 7.28. The fraction of sp³-hybridized carbons (Fsp3) is 0.500. The van der Waals surface area contributed by atoms with Crippen molar-refractivity contribution in [3.8, 4) is 11.5 Å². The van der Waals surface area contributed by atoms with Crippen LogP contribution in [0.3, 0.4) is 0 Å². The summed E-state index contributed by atoms with van der Waals surface area (Å²) in [6, 6.07) is 3.80. The molecule has 5 rings (SSSR count). The summed E-state index contributed by atoms with van der Waals surface area (Å²) in [6.45, 7) is 5.41. The normalized spacial score (nSPS) is 19.9. The number of oxazole rings is 1. The van der Waals surface area contributed by atoms with Crippen LogP contribution in [-0.4, -0.2) is 38.1 Å². The molecular formula is C26H33N7O3. The van der Waals surface area contributed by atoms with Gasteiger partial charge in [-0.05, 0) is 68.4 Å². The van der Waals surface area contributed by atoms with Crippen LogP contribution in [0.4, 0.5) is 11.5 Å². The molecule has 2 aliphatic carbocycles. The zero-order chi connectivity index (χ0) is 25.2. The van der Waals surface area contributed by atoms with Crippen LogP contribution in [0, 0.1) is 17.8 Å². The smallest absolute Gasteiger partial charge is 0.277 e. The first kappa shape index (κ1) is 24.0. The number of carbonyl (C=O) groups excluding carboxylic acids is 2. The highest BCUT2D eigenvalue weighted by atomic mass is 16.3. The minimum absolute atomic E-state index is 0.0403. The fourth-order valence-electron chi connectivity index (χ4n) is 4.81. The second kappa shape index (κ2) is 10.1. The molecule has 2 saturated carbocycles. The Hall–Kier alpha value is -3.69. The molecule has 2 amide bonds. The first-order chi connectivity index (χ1) is 17.4.